The maximum absolute atomic E-state index is 11.8. The van der Waals surface area contributed by atoms with Crippen LogP contribution in [0.15, 0.2) is 17.1 Å². The minimum absolute atomic E-state index is 0.0744. The van der Waals surface area contributed by atoms with Crippen LogP contribution >= 0.6 is 0 Å². The number of rotatable bonds is 2. The van der Waals surface area contributed by atoms with E-state index >= 15 is 0 Å². The molecule has 0 saturated carbocycles. The first kappa shape index (κ1) is 12.9. The normalized spacial score (nSPS) is 35.5. The lowest BCUT2D eigenvalue weighted by Gasteiger charge is -2.25. The van der Waals surface area contributed by atoms with Gasteiger partial charge < -0.3 is 25.1 Å². The van der Waals surface area contributed by atoms with Crippen molar-refractivity contribution < 1.29 is 24.1 Å². The van der Waals surface area contributed by atoms with Crippen LogP contribution in [-0.2, 0) is 14.2 Å². The van der Waals surface area contributed by atoms with Crippen LogP contribution in [0.1, 0.15) is 13.2 Å². The summed E-state index contributed by atoms with van der Waals surface area (Å²) in [5.41, 5.74) is 3.63. The van der Waals surface area contributed by atoms with Gasteiger partial charge in [0.25, 0.3) is 0 Å². The Labute approximate surface area is 112 Å². The van der Waals surface area contributed by atoms with Gasteiger partial charge in [0.1, 0.15) is 11.4 Å². The van der Waals surface area contributed by atoms with E-state index < -0.39 is 42.5 Å². The van der Waals surface area contributed by atoms with Gasteiger partial charge in [-0.3, -0.25) is 4.57 Å². The van der Waals surface area contributed by atoms with Crippen molar-refractivity contribution in [2.75, 3.05) is 12.3 Å². The molecule has 0 aromatic carbocycles. The number of nitrogens with two attached hydrogens (primary N) is 1. The van der Waals surface area contributed by atoms with Gasteiger partial charge in [0.05, 0.1) is 6.61 Å². The number of hydrogen-bond donors (Lipinski definition) is 2. The van der Waals surface area contributed by atoms with Crippen LogP contribution in [0.3, 0.4) is 0 Å². The molecule has 1 aromatic rings. The van der Waals surface area contributed by atoms with Crippen molar-refractivity contribution in [3.63, 3.8) is 0 Å². The van der Waals surface area contributed by atoms with Gasteiger partial charge in [0.15, 0.2) is 18.4 Å². The molecule has 0 spiro atoms. The maximum atomic E-state index is 11.8. The Kier molecular flexibility index (Phi) is 2.69. The number of hydrogen-bond acceptors (Lipinski definition) is 8. The van der Waals surface area contributed by atoms with Crippen molar-refractivity contribution in [2.45, 2.75) is 31.0 Å². The van der Waals surface area contributed by atoms with E-state index in [0.29, 0.717) is 0 Å². The van der Waals surface area contributed by atoms with E-state index in [2.05, 4.69) is 4.98 Å². The van der Waals surface area contributed by atoms with E-state index in [0.717, 1.165) is 4.57 Å². The molecule has 2 aliphatic rings. The molecular formula is C11H13N3O6. The summed E-state index contributed by atoms with van der Waals surface area (Å²) in [5.74, 6) is 0.0744. The summed E-state index contributed by atoms with van der Waals surface area (Å²) in [6, 6.07) is 1.42. The van der Waals surface area contributed by atoms with E-state index in [1.807, 2.05) is 0 Å². The van der Waals surface area contributed by atoms with Crippen molar-refractivity contribution in [2.24, 2.45) is 0 Å². The zero-order chi connectivity index (χ0) is 14.5. The van der Waals surface area contributed by atoms with Crippen LogP contribution in [0, 0.1) is 0 Å². The number of aliphatic hydroxyl groups excluding tert-OH is 1. The first-order valence-electron chi connectivity index (χ1n) is 5.95. The number of carbonyl (C=O) groups is 1. The molecule has 2 saturated heterocycles. The van der Waals surface area contributed by atoms with Crippen LogP contribution in [-0.4, -0.2) is 45.2 Å². The number of carbonyl (C=O) groups excluding carboxylic acids is 1. The monoisotopic (exact) mass is 283 g/mol. The molecule has 2 aliphatic heterocycles. The minimum Gasteiger partial charge on any atom is -0.424 e. The number of ether oxygens (including phenoxy) is 3. The van der Waals surface area contributed by atoms with E-state index in [4.69, 9.17) is 19.9 Å². The van der Waals surface area contributed by atoms with Crippen LogP contribution < -0.4 is 11.4 Å². The van der Waals surface area contributed by atoms with Gasteiger partial charge in [-0.25, -0.2) is 9.59 Å². The summed E-state index contributed by atoms with van der Waals surface area (Å²) in [5, 5.41) is 9.44. The summed E-state index contributed by atoms with van der Waals surface area (Å²) in [4.78, 5) is 26.7. The predicted octanol–water partition coefficient (Wildman–Crippen LogP) is -0.991. The number of nitrogen functional groups attached to an aromatic ring is 1. The molecule has 3 rings (SSSR count). The highest BCUT2D eigenvalue weighted by Gasteiger charge is 2.61. The van der Waals surface area contributed by atoms with E-state index in [-0.39, 0.29) is 5.82 Å². The standard InChI is InChI=1S/C11H13N3O6/c1-11(4-15)7-6(18-10(17)19-7)8(20-11)14-3-2-5(12)13-9(14)16/h2-3,6-8,15H,4H2,1H3,(H2,12,13,16)/t6-,7+,8-,11-/m1/s1. The molecule has 3 heterocycles. The van der Waals surface area contributed by atoms with Gasteiger partial charge in [0.2, 0.25) is 0 Å². The Balaban J connectivity index is 2.02. The Morgan fingerprint density at radius 3 is 2.90 bits per heavy atom. The average molecular weight is 283 g/mol. The average Bonchev–Trinajstić information content (AvgIpc) is 2.89. The maximum Gasteiger partial charge on any atom is 0.509 e. The number of nitrogens with zero attached hydrogens (tertiary/aromatic N) is 2. The van der Waals surface area contributed by atoms with E-state index in [1.165, 1.54) is 12.3 Å². The Hall–Kier alpha value is -2.13. The molecule has 3 N–H and O–H groups in total. The largest absolute Gasteiger partial charge is 0.509 e. The molecule has 9 nitrogen and oxygen atoms in total. The van der Waals surface area contributed by atoms with Gasteiger partial charge >= 0.3 is 11.8 Å². The van der Waals surface area contributed by atoms with Crippen molar-refractivity contribution in [3.05, 3.63) is 22.7 Å². The third-order valence-corrected chi connectivity index (χ3v) is 3.47. The molecule has 0 amide bonds. The summed E-state index contributed by atoms with van der Waals surface area (Å²) in [7, 11) is 0. The third kappa shape index (κ3) is 1.74. The van der Waals surface area contributed by atoms with E-state index in [1.54, 1.807) is 6.92 Å². The quantitative estimate of drug-likeness (QED) is 0.662. The van der Waals surface area contributed by atoms with Crippen molar-refractivity contribution in [1.29, 1.82) is 0 Å². The fraction of sp³-hybridized carbons (Fsp3) is 0.545. The molecule has 2 fully saturated rings. The second kappa shape index (κ2) is 4.18. The predicted molar refractivity (Wildman–Crippen MR) is 63.7 cm³/mol. The van der Waals surface area contributed by atoms with Crippen LogP contribution in [0.2, 0.25) is 0 Å². The van der Waals surface area contributed by atoms with Crippen molar-refractivity contribution in [3.8, 4) is 0 Å². The highest BCUT2D eigenvalue weighted by Crippen LogP contribution is 2.43. The number of anilines is 1. The minimum atomic E-state index is -1.15. The molecule has 9 heteroatoms. The Bertz CT molecular complexity index is 616. The van der Waals surface area contributed by atoms with Crippen molar-refractivity contribution >= 4 is 12.0 Å². The lowest BCUT2D eigenvalue weighted by Crippen LogP contribution is -2.42. The molecule has 108 valence electrons. The zero-order valence-corrected chi connectivity index (χ0v) is 10.6. The van der Waals surface area contributed by atoms with Gasteiger partial charge in [-0.2, -0.15) is 4.98 Å². The number of aliphatic hydroxyl groups is 1. The summed E-state index contributed by atoms with van der Waals surface area (Å²) in [6.45, 7) is 1.18. The molecule has 0 aliphatic carbocycles. The van der Waals surface area contributed by atoms with Gasteiger partial charge in [-0.15, -0.1) is 0 Å². The SMILES string of the molecule is C[C@]1(CO)O[C@@H](n2ccc(N)nc2=O)[C@@H]2OC(=O)O[C@@H]21. The number of fused-ring (bicyclic) bond motifs is 1. The second-order valence-electron chi connectivity index (χ2n) is 4.89. The second-order valence-corrected chi connectivity index (χ2v) is 4.89. The fourth-order valence-electron chi connectivity index (χ4n) is 2.42. The zero-order valence-electron chi connectivity index (χ0n) is 10.6. The molecule has 0 bridgehead atoms. The van der Waals surface area contributed by atoms with Crippen LogP contribution in [0.25, 0.3) is 0 Å². The Morgan fingerprint density at radius 2 is 2.25 bits per heavy atom. The molecule has 4 atom stereocenters. The first-order chi connectivity index (χ1) is 9.44. The van der Waals surface area contributed by atoms with Gasteiger partial charge in [0, 0.05) is 6.20 Å². The summed E-state index contributed by atoms with van der Waals surface area (Å²) >= 11 is 0. The van der Waals surface area contributed by atoms with Crippen molar-refractivity contribution in [1.82, 2.24) is 9.55 Å². The van der Waals surface area contributed by atoms with Gasteiger partial charge in [-0.05, 0) is 13.0 Å². The third-order valence-electron chi connectivity index (χ3n) is 3.47. The Morgan fingerprint density at radius 1 is 1.50 bits per heavy atom. The highest BCUT2D eigenvalue weighted by atomic mass is 16.8. The lowest BCUT2D eigenvalue weighted by molar-refractivity contribution is -0.129. The lowest BCUT2D eigenvalue weighted by atomic mass is 9.99. The first-order valence-corrected chi connectivity index (χ1v) is 5.95. The van der Waals surface area contributed by atoms with Gasteiger partial charge in [-0.1, -0.05) is 0 Å². The molecule has 0 unspecified atom stereocenters. The molecular weight excluding hydrogens is 270 g/mol. The smallest absolute Gasteiger partial charge is 0.424 e. The molecule has 20 heavy (non-hydrogen) atoms. The highest BCUT2D eigenvalue weighted by molar-refractivity contribution is 5.63. The topological polar surface area (TPSA) is 126 Å². The summed E-state index contributed by atoms with van der Waals surface area (Å²) < 4.78 is 16.8. The molecule has 0 radical (unpaired) electrons. The summed E-state index contributed by atoms with van der Waals surface area (Å²) in [6.07, 6.45) is -2.02. The van der Waals surface area contributed by atoms with E-state index in [9.17, 15) is 14.7 Å². The van der Waals surface area contributed by atoms with Crippen LogP contribution in [0.4, 0.5) is 10.6 Å². The van der Waals surface area contributed by atoms with Crippen LogP contribution in [0.5, 0.6) is 0 Å². The number of aromatic nitrogens is 2. The fourth-order valence-corrected chi connectivity index (χ4v) is 2.42. The molecule has 1 aromatic heterocycles.